The summed E-state index contributed by atoms with van der Waals surface area (Å²) < 4.78 is 5.51. The summed E-state index contributed by atoms with van der Waals surface area (Å²) in [5.41, 5.74) is 3.44. The molecule has 3 heterocycles. The second-order valence-electron chi connectivity index (χ2n) is 8.18. The Morgan fingerprint density at radius 1 is 1.07 bits per heavy atom. The molecule has 5 nitrogen and oxygen atoms in total. The van der Waals surface area contributed by atoms with Gasteiger partial charge in [-0.1, -0.05) is 24.3 Å². The van der Waals surface area contributed by atoms with Crippen molar-refractivity contribution in [1.82, 2.24) is 14.8 Å². The van der Waals surface area contributed by atoms with Gasteiger partial charge in [0.15, 0.2) is 0 Å². The number of carbonyl (C=O) groups is 1. The lowest BCUT2D eigenvalue weighted by molar-refractivity contribution is -0.130. The van der Waals surface area contributed by atoms with Gasteiger partial charge in [0.1, 0.15) is 5.75 Å². The van der Waals surface area contributed by atoms with Gasteiger partial charge in [-0.15, -0.1) is 0 Å². The quantitative estimate of drug-likeness (QED) is 0.775. The van der Waals surface area contributed by atoms with Gasteiger partial charge in [-0.25, -0.2) is 0 Å². The zero-order chi connectivity index (χ0) is 20.2. The minimum absolute atomic E-state index is 0.201. The second kappa shape index (κ2) is 8.95. The molecule has 2 fully saturated rings. The number of benzene rings is 1. The number of aromatic nitrogens is 1. The van der Waals surface area contributed by atoms with Crippen molar-refractivity contribution in [3.05, 3.63) is 59.4 Å². The lowest BCUT2D eigenvalue weighted by atomic mass is 10.0. The van der Waals surface area contributed by atoms with E-state index in [-0.39, 0.29) is 5.91 Å². The maximum atomic E-state index is 11.6. The molecule has 0 unspecified atom stereocenters. The lowest BCUT2D eigenvalue weighted by Crippen LogP contribution is -2.46. The highest BCUT2D eigenvalue weighted by atomic mass is 16.5. The third-order valence-electron chi connectivity index (χ3n) is 6.41. The van der Waals surface area contributed by atoms with E-state index in [1.165, 1.54) is 17.7 Å². The van der Waals surface area contributed by atoms with Gasteiger partial charge in [0.2, 0.25) is 5.91 Å². The highest BCUT2D eigenvalue weighted by Gasteiger charge is 2.34. The van der Waals surface area contributed by atoms with Crippen molar-refractivity contribution in [2.24, 2.45) is 0 Å². The molecule has 29 heavy (non-hydrogen) atoms. The standard InChI is InChI=1S/C24H31N3O2/c1-18(28)26-15-12-21(13-16-26)27-14-6-10-23(27)22-9-5-8-20(25-22)17-19-7-3-4-11-24(19)29-2/h3-5,7-9,11,21,23H,6,10,12-17H2,1-2H3/t23-/m0/s1. The molecule has 4 rings (SSSR count). The second-order valence-corrected chi connectivity index (χ2v) is 8.18. The van der Waals surface area contributed by atoms with Crippen molar-refractivity contribution in [2.45, 2.75) is 51.1 Å². The first-order valence-corrected chi connectivity index (χ1v) is 10.7. The SMILES string of the molecule is COc1ccccc1Cc1cccc([C@@H]2CCCN2C2CCN(C(C)=O)CC2)n1. The lowest BCUT2D eigenvalue weighted by Gasteiger charge is -2.39. The third kappa shape index (κ3) is 4.45. The van der Waals surface area contributed by atoms with Crippen LogP contribution in [-0.4, -0.2) is 53.5 Å². The number of carbonyl (C=O) groups excluding carboxylic acids is 1. The molecule has 0 saturated carbocycles. The molecule has 0 bridgehead atoms. The Morgan fingerprint density at radius 3 is 2.62 bits per heavy atom. The first-order valence-electron chi connectivity index (χ1n) is 10.7. The number of nitrogens with zero attached hydrogens (tertiary/aromatic N) is 3. The summed E-state index contributed by atoms with van der Waals surface area (Å²) in [6.07, 6.45) is 5.30. The van der Waals surface area contributed by atoms with Gasteiger partial charge in [0.25, 0.3) is 0 Å². The summed E-state index contributed by atoms with van der Waals surface area (Å²) >= 11 is 0. The van der Waals surface area contributed by atoms with Gasteiger partial charge in [0, 0.05) is 43.7 Å². The van der Waals surface area contributed by atoms with Crippen molar-refractivity contribution in [2.75, 3.05) is 26.7 Å². The van der Waals surface area contributed by atoms with Crippen LogP contribution in [0.5, 0.6) is 5.75 Å². The summed E-state index contributed by atoms with van der Waals surface area (Å²) in [5, 5.41) is 0. The van der Waals surface area contributed by atoms with Crippen LogP contribution in [-0.2, 0) is 11.2 Å². The van der Waals surface area contributed by atoms with Crippen LogP contribution >= 0.6 is 0 Å². The molecule has 0 aliphatic carbocycles. The van der Waals surface area contributed by atoms with E-state index in [2.05, 4.69) is 29.2 Å². The van der Waals surface area contributed by atoms with Crippen molar-refractivity contribution >= 4 is 5.91 Å². The minimum atomic E-state index is 0.201. The van der Waals surface area contributed by atoms with Crippen LogP contribution in [0.4, 0.5) is 0 Å². The molecular formula is C24H31N3O2. The molecule has 0 spiro atoms. The maximum absolute atomic E-state index is 11.6. The number of rotatable bonds is 5. The Bertz CT molecular complexity index is 846. The Morgan fingerprint density at radius 2 is 1.86 bits per heavy atom. The average molecular weight is 394 g/mol. The zero-order valence-corrected chi connectivity index (χ0v) is 17.5. The van der Waals surface area contributed by atoms with Gasteiger partial charge in [0.05, 0.1) is 18.8 Å². The van der Waals surface area contributed by atoms with Crippen LogP contribution in [0.3, 0.4) is 0 Å². The fourth-order valence-corrected chi connectivity index (χ4v) is 4.88. The van der Waals surface area contributed by atoms with E-state index in [0.717, 1.165) is 56.8 Å². The third-order valence-corrected chi connectivity index (χ3v) is 6.41. The molecule has 1 aromatic carbocycles. The van der Waals surface area contributed by atoms with Crippen LogP contribution in [0.15, 0.2) is 42.5 Å². The Labute approximate surface area is 173 Å². The van der Waals surface area contributed by atoms with E-state index in [9.17, 15) is 4.79 Å². The predicted octanol–water partition coefficient (Wildman–Crippen LogP) is 3.83. The fourth-order valence-electron chi connectivity index (χ4n) is 4.88. The molecule has 0 radical (unpaired) electrons. The number of likely N-dealkylation sites (tertiary alicyclic amines) is 2. The normalized spacial score (nSPS) is 20.8. The molecule has 2 aromatic rings. The Hall–Kier alpha value is -2.40. The van der Waals surface area contributed by atoms with Gasteiger partial charge in [-0.05, 0) is 50.4 Å². The molecule has 1 aromatic heterocycles. The summed E-state index contributed by atoms with van der Waals surface area (Å²) in [5.74, 6) is 1.12. The van der Waals surface area contributed by atoms with Crippen molar-refractivity contribution in [3.63, 3.8) is 0 Å². The molecule has 2 aliphatic rings. The molecule has 154 valence electrons. The predicted molar refractivity (Wildman–Crippen MR) is 114 cm³/mol. The average Bonchev–Trinajstić information content (AvgIpc) is 3.24. The van der Waals surface area contributed by atoms with E-state index >= 15 is 0 Å². The van der Waals surface area contributed by atoms with Crippen molar-refractivity contribution < 1.29 is 9.53 Å². The van der Waals surface area contributed by atoms with Gasteiger partial charge in [-0.3, -0.25) is 14.7 Å². The fraction of sp³-hybridized carbons (Fsp3) is 0.500. The maximum Gasteiger partial charge on any atom is 0.219 e. The summed E-state index contributed by atoms with van der Waals surface area (Å²) in [4.78, 5) is 21.3. The molecule has 1 amide bonds. The van der Waals surface area contributed by atoms with Crippen molar-refractivity contribution in [3.8, 4) is 5.75 Å². The molecule has 5 heteroatoms. The molecule has 2 saturated heterocycles. The monoisotopic (exact) mass is 393 g/mol. The van der Waals surface area contributed by atoms with Crippen LogP contribution in [0.1, 0.15) is 55.6 Å². The van der Waals surface area contributed by atoms with E-state index in [0.29, 0.717) is 12.1 Å². The highest BCUT2D eigenvalue weighted by Crippen LogP contribution is 2.35. The Balaban J connectivity index is 1.48. The van der Waals surface area contributed by atoms with Crippen LogP contribution in [0, 0.1) is 0 Å². The number of hydrogen-bond acceptors (Lipinski definition) is 4. The van der Waals surface area contributed by atoms with E-state index in [1.54, 1.807) is 14.0 Å². The Kier molecular flexibility index (Phi) is 6.14. The molecule has 2 aliphatic heterocycles. The number of piperidine rings is 1. The van der Waals surface area contributed by atoms with Crippen LogP contribution in [0.25, 0.3) is 0 Å². The number of methoxy groups -OCH3 is 1. The van der Waals surface area contributed by atoms with Gasteiger partial charge in [-0.2, -0.15) is 0 Å². The topological polar surface area (TPSA) is 45.7 Å². The van der Waals surface area contributed by atoms with Gasteiger partial charge >= 0.3 is 0 Å². The summed E-state index contributed by atoms with van der Waals surface area (Å²) in [7, 11) is 1.72. The summed E-state index contributed by atoms with van der Waals surface area (Å²) in [6, 6.07) is 15.5. The van der Waals surface area contributed by atoms with Crippen LogP contribution < -0.4 is 4.74 Å². The number of ether oxygens (including phenoxy) is 1. The molecular weight excluding hydrogens is 362 g/mol. The highest BCUT2D eigenvalue weighted by molar-refractivity contribution is 5.73. The molecule has 1 atom stereocenters. The van der Waals surface area contributed by atoms with Crippen LogP contribution in [0.2, 0.25) is 0 Å². The first kappa shape index (κ1) is 19.9. The first-order chi connectivity index (χ1) is 14.2. The zero-order valence-electron chi connectivity index (χ0n) is 17.5. The minimum Gasteiger partial charge on any atom is -0.496 e. The largest absolute Gasteiger partial charge is 0.496 e. The smallest absolute Gasteiger partial charge is 0.219 e. The number of pyridine rings is 1. The van der Waals surface area contributed by atoms with E-state index in [4.69, 9.17) is 9.72 Å². The van der Waals surface area contributed by atoms with E-state index in [1.807, 2.05) is 23.1 Å². The summed E-state index contributed by atoms with van der Waals surface area (Å²) in [6.45, 7) is 4.57. The molecule has 0 N–H and O–H groups in total. The number of para-hydroxylation sites is 1. The van der Waals surface area contributed by atoms with Gasteiger partial charge < -0.3 is 9.64 Å². The van der Waals surface area contributed by atoms with E-state index < -0.39 is 0 Å². The van der Waals surface area contributed by atoms with Crippen molar-refractivity contribution in [1.29, 1.82) is 0 Å². The number of amides is 1. The number of hydrogen-bond donors (Lipinski definition) is 0.